The molecule has 0 saturated carbocycles. The van der Waals surface area contributed by atoms with Crippen LogP contribution in [0.1, 0.15) is 6.42 Å². The molecule has 1 saturated heterocycles. The van der Waals surface area contributed by atoms with Gasteiger partial charge in [0.15, 0.2) is 0 Å². The van der Waals surface area contributed by atoms with Gasteiger partial charge in [-0.15, -0.1) is 0 Å². The van der Waals surface area contributed by atoms with Crippen LogP contribution in [0.25, 0.3) is 0 Å². The smallest absolute Gasteiger partial charge is 0.0319 e. The van der Waals surface area contributed by atoms with Crippen LogP contribution in [0.5, 0.6) is 0 Å². The first-order chi connectivity index (χ1) is 5.29. The molecule has 0 aromatic heterocycles. The number of nitrogens with zero attached hydrogens (tertiary/aromatic N) is 1. The molecule has 0 amide bonds. The van der Waals surface area contributed by atoms with E-state index in [-0.39, 0.29) is 0 Å². The summed E-state index contributed by atoms with van der Waals surface area (Å²) in [5.74, 6) is 0. The van der Waals surface area contributed by atoms with Crippen molar-refractivity contribution >= 4 is 0 Å². The van der Waals surface area contributed by atoms with Crippen LogP contribution in [0, 0.1) is 0 Å². The molecule has 0 aliphatic carbocycles. The lowest BCUT2D eigenvalue weighted by molar-refractivity contribution is 0.341. The summed E-state index contributed by atoms with van der Waals surface area (Å²) in [7, 11) is 4.24. The molecule has 0 spiro atoms. The fraction of sp³-hybridized carbons (Fsp3) is 1.00. The zero-order valence-corrected chi connectivity index (χ0v) is 7.56. The standard InChI is InChI=1S/C8H19N3/c1-11(2)7-8-6-9-4-3-5-10-8/h8-10H,3-7H2,1-2H3. The van der Waals surface area contributed by atoms with Crippen LogP contribution < -0.4 is 10.6 Å². The molecule has 3 heteroatoms. The van der Waals surface area contributed by atoms with E-state index in [4.69, 9.17) is 0 Å². The fourth-order valence-corrected chi connectivity index (χ4v) is 1.44. The van der Waals surface area contributed by atoms with Crippen molar-refractivity contribution in [1.29, 1.82) is 0 Å². The Balaban J connectivity index is 2.20. The number of likely N-dealkylation sites (N-methyl/N-ethyl adjacent to an activating group) is 1. The largest absolute Gasteiger partial charge is 0.315 e. The van der Waals surface area contributed by atoms with E-state index in [1.807, 2.05) is 0 Å². The van der Waals surface area contributed by atoms with Crippen molar-refractivity contribution in [3.05, 3.63) is 0 Å². The van der Waals surface area contributed by atoms with Crippen molar-refractivity contribution in [2.45, 2.75) is 12.5 Å². The third kappa shape index (κ3) is 3.70. The second-order valence-electron chi connectivity index (χ2n) is 3.47. The van der Waals surface area contributed by atoms with Crippen molar-refractivity contribution in [3.63, 3.8) is 0 Å². The van der Waals surface area contributed by atoms with Gasteiger partial charge in [0.1, 0.15) is 0 Å². The van der Waals surface area contributed by atoms with Crippen LogP contribution in [0.3, 0.4) is 0 Å². The molecular formula is C8H19N3. The van der Waals surface area contributed by atoms with Gasteiger partial charge < -0.3 is 15.5 Å². The maximum atomic E-state index is 3.51. The normalized spacial score (nSPS) is 27.0. The van der Waals surface area contributed by atoms with Crippen LogP contribution in [-0.2, 0) is 0 Å². The Morgan fingerprint density at radius 2 is 2.18 bits per heavy atom. The number of hydrogen-bond donors (Lipinski definition) is 2. The monoisotopic (exact) mass is 157 g/mol. The predicted molar refractivity (Wildman–Crippen MR) is 47.8 cm³/mol. The van der Waals surface area contributed by atoms with E-state index in [0.29, 0.717) is 6.04 Å². The lowest BCUT2D eigenvalue weighted by Crippen LogP contribution is -2.42. The summed E-state index contributed by atoms with van der Waals surface area (Å²) in [6.07, 6.45) is 1.25. The molecular weight excluding hydrogens is 138 g/mol. The van der Waals surface area contributed by atoms with Crippen LogP contribution in [0.15, 0.2) is 0 Å². The van der Waals surface area contributed by atoms with E-state index in [9.17, 15) is 0 Å². The summed E-state index contributed by atoms with van der Waals surface area (Å²) in [5.41, 5.74) is 0. The van der Waals surface area contributed by atoms with E-state index >= 15 is 0 Å². The highest BCUT2D eigenvalue weighted by molar-refractivity contribution is 4.75. The second kappa shape index (κ2) is 4.70. The Hall–Kier alpha value is -0.120. The lowest BCUT2D eigenvalue weighted by Gasteiger charge is -2.19. The summed E-state index contributed by atoms with van der Waals surface area (Å²) in [6, 6.07) is 0.632. The van der Waals surface area contributed by atoms with Gasteiger partial charge >= 0.3 is 0 Å². The summed E-state index contributed by atoms with van der Waals surface area (Å²) < 4.78 is 0. The maximum Gasteiger partial charge on any atom is 0.0319 e. The van der Waals surface area contributed by atoms with Gasteiger partial charge in [-0.25, -0.2) is 0 Å². The quantitative estimate of drug-likeness (QED) is 0.566. The molecule has 1 atom stereocenters. The highest BCUT2D eigenvalue weighted by Crippen LogP contribution is 1.90. The van der Waals surface area contributed by atoms with Crippen LogP contribution >= 0.6 is 0 Å². The molecule has 1 heterocycles. The minimum absolute atomic E-state index is 0.632. The Morgan fingerprint density at radius 1 is 1.36 bits per heavy atom. The Kier molecular flexibility index (Phi) is 3.83. The second-order valence-corrected chi connectivity index (χ2v) is 3.47. The van der Waals surface area contributed by atoms with Crippen LogP contribution in [0.4, 0.5) is 0 Å². The van der Waals surface area contributed by atoms with E-state index < -0.39 is 0 Å². The molecule has 11 heavy (non-hydrogen) atoms. The molecule has 1 fully saturated rings. The molecule has 1 aliphatic heterocycles. The lowest BCUT2D eigenvalue weighted by atomic mass is 10.3. The highest BCUT2D eigenvalue weighted by atomic mass is 15.1. The van der Waals surface area contributed by atoms with Gasteiger partial charge in [0, 0.05) is 19.1 Å². The van der Waals surface area contributed by atoms with Crippen LogP contribution in [-0.4, -0.2) is 51.2 Å². The molecule has 1 rings (SSSR count). The van der Waals surface area contributed by atoms with Gasteiger partial charge in [-0.3, -0.25) is 0 Å². The Morgan fingerprint density at radius 3 is 2.91 bits per heavy atom. The summed E-state index contributed by atoms with van der Waals surface area (Å²) >= 11 is 0. The Labute approximate surface area is 69.1 Å². The number of hydrogen-bond acceptors (Lipinski definition) is 3. The van der Waals surface area contributed by atoms with Gasteiger partial charge in [-0.2, -0.15) is 0 Å². The van der Waals surface area contributed by atoms with Crippen molar-refractivity contribution in [2.24, 2.45) is 0 Å². The highest BCUT2D eigenvalue weighted by Gasteiger charge is 2.10. The van der Waals surface area contributed by atoms with Crippen molar-refractivity contribution in [1.82, 2.24) is 15.5 Å². The maximum absolute atomic E-state index is 3.51. The van der Waals surface area contributed by atoms with E-state index in [0.717, 1.165) is 26.2 Å². The average Bonchev–Trinajstić information content (AvgIpc) is 2.14. The Bertz CT molecular complexity index is 95.5. The first-order valence-corrected chi connectivity index (χ1v) is 4.38. The van der Waals surface area contributed by atoms with Crippen molar-refractivity contribution in [3.8, 4) is 0 Å². The van der Waals surface area contributed by atoms with Gasteiger partial charge in [0.05, 0.1) is 0 Å². The third-order valence-corrected chi connectivity index (χ3v) is 1.94. The topological polar surface area (TPSA) is 27.3 Å². The zero-order chi connectivity index (χ0) is 8.10. The minimum Gasteiger partial charge on any atom is -0.315 e. The first kappa shape index (κ1) is 8.97. The van der Waals surface area contributed by atoms with E-state index in [2.05, 4.69) is 29.6 Å². The molecule has 1 aliphatic rings. The molecule has 0 radical (unpaired) electrons. The SMILES string of the molecule is CN(C)CC1CNCCCN1. The van der Waals surface area contributed by atoms with Gasteiger partial charge in [0.25, 0.3) is 0 Å². The molecule has 3 nitrogen and oxygen atoms in total. The van der Waals surface area contributed by atoms with Crippen molar-refractivity contribution in [2.75, 3.05) is 40.3 Å². The predicted octanol–water partition coefficient (Wildman–Crippen LogP) is -0.500. The third-order valence-electron chi connectivity index (χ3n) is 1.94. The average molecular weight is 157 g/mol. The van der Waals surface area contributed by atoms with E-state index in [1.54, 1.807) is 0 Å². The van der Waals surface area contributed by atoms with Crippen molar-refractivity contribution < 1.29 is 0 Å². The number of rotatable bonds is 2. The van der Waals surface area contributed by atoms with Gasteiger partial charge in [0.2, 0.25) is 0 Å². The molecule has 1 unspecified atom stereocenters. The minimum atomic E-state index is 0.632. The van der Waals surface area contributed by atoms with Crippen LogP contribution in [0.2, 0.25) is 0 Å². The molecule has 66 valence electrons. The molecule has 0 aromatic carbocycles. The van der Waals surface area contributed by atoms with Gasteiger partial charge in [-0.05, 0) is 33.6 Å². The van der Waals surface area contributed by atoms with E-state index in [1.165, 1.54) is 6.42 Å². The molecule has 0 aromatic rings. The summed E-state index contributed by atoms with van der Waals surface area (Å²) in [4.78, 5) is 2.23. The van der Waals surface area contributed by atoms with Gasteiger partial charge in [-0.1, -0.05) is 0 Å². The molecule has 2 N–H and O–H groups in total. The summed E-state index contributed by atoms with van der Waals surface area (Å²) in [5, 5.41) is 6.92. The fourth-order valence-electron chi connectivity index (χ4n) is 1.44. The number of nitrogens with one attached hydrogen (secondary N) is 2. The zero-order valence-electron chi connectivity index (χ0n) is 7.56. The summed E-state index contributed by atoms with van der Waals surface area (Å²) in [6.45, 7) is 4.56. The first-order valence-electron chi connectivity index (χ1n) is 4.38. The molecule has 0 bridgehead atoms.